The highest BCUT2D eigenvalue weighted by atomic mass is 32.2. The van der Waals surface area contributed by atoms with Crippen molar-refractivity contribution in [3.8, 4) is 0 Å². The SMILES string of the molecule is COC(=O)C(O)=CC(=O)N(Cc1ccc(F)cc1S(C)=O)OC. The fourth-order valence-corrected chi connectivity index (χ4v) is 2.45. The average molecular weight is 345 g/mol. The first-order valence-corrected chi connectivity index (χ1v) is 7.82. The Morgan fingerprint density at radius 1 is 1.39 bits per heavy atom. The zero-order chi connectivity index (χ0) is 17.6. The van der Waals surface area contributed by atoms with Gasteiger partial charge in [-0.15, -0.1) is 0 Å². The van der Waals surface area contributed by atoms with Gasteiger partial charge in [0.05, 0.1) is 37.6 Å². The van der Waals surface area contributed by atoms with Gasteiger partial charge in [-0.1, -0.05) is 6.07 Å². The molecule has 1 rings (SSSR count). The van der Waals surface area contributed by atoms with Crippen LogP contribution in [0.15, 0.2) is 34.9 Å². The summed E-state index contributed by atoms with van der Waals surface area (Å²) >= 11 is 0. The van der Waals surface area contributed by atoms with E-state index in [2.05, 4.69) is 4.74 Å². The summed E-state index contributed by atoms with van der Waals surface area (Å²) in [5.74, 6) is -3.37. The Balaban J connectivity index is 3.03. The van der Waals surface area contributed by atoms with E-state index in [-0.39, 0.29) is 11.4 Å². The number of hydrogen-bond acceptors (Lipinski definition) is 6. The molecule has 1 aromatic rings. The number of nitrogens with zero attached hydrogens (tertiary/aromatic N) is 1. The number of halogens is 1. The van der Waals surface area contributed by atoms with Crippen molar-refractivity contribution in [2.75, 3.05) is 20.5 Å². The van der Waals surface area contributed by atoms with Gasteiger partial charge in [-0.05, 0) is 17.7 Å². The molecule has 9 heteroatoms. The number of carbonyl (C=O) groups is 2. The summed E-state index contributed by atoms with van der Waals surface area (Å²) in [6.45, 7) is -0.157. The zero-order valence-electron chi connectivity index (χ0n) is 12.7. The Hall–Kier alpha value is -2.26. The predicted molar refractivity (Wildman–Crippen MR) is 79.0 cm³/mol. The lowest BCUT2D eigenvalue weighted by molar-refractivity contribution is -0.174. The summed E-state index contributed by atoms with van der Waals surface area (Å²) in [5.41, 5.74) is 0.397. The first-order chi connectivity index (χ1) is 10.8. The number of ether oxygens (including phenoxy) is 1. The third kappa shape index (κ3) is 5.15. The molecule has 0 fully saturated rings. The first kappa shape index (κ1) is 18.8. The molecule has 23 heavy (non-hydrogen) atoms. The van der Waals surface area contributed by atoms with Crippen molar-refractivity contribution < 1.29 is 32.9 Å². The van der Waals surface area contributed by atoms with E-state index >= 15 is 0 Å². The number of aliphatic hydroxyl groups excluding tert-OH is 1. The number of rotatable bonds is 6. The summed E-state index contributed by atoms with van der Waals surface area (Å²) in [6.07, 6.45) is 2.00. The van der Waals surface area contributed by atoms with Gasteiger partial charge in [0.2, 0.25) is 5.76 Å². The molecule has 1 N–H and O–H groups in total. The number of benzene rings is 1. The van der Waals surface area contributed by atoms with E-state index in [0.29, 0.717) is 11.6 Å². The van der Waals surface area contributed by atoms with Crippen molar-refractivity contribution in [2.24, 2.45) is 0 Å². The highest BCUT2D eigenvalue weighted by molar-refractivity contribution is 7.84. The lowest BCUT2D eigenvalue weighted by Crippen LogP contribution is -2.29. The molecular formula is C14H16FNO6S. The summed E-state index contributed by atoms with van der Waals surface area (Å²) in [6, 6.07) is 3.63. The van der Waals surface area contributed by atoms with Crippen molar-refractivity contribution >= 4 is 22.7 Å². The minimum Gasteiger partial charge on any atom is -0.502 e. The van der Waals surface area contributed by atoms with Crippen LogP contribution in [0, 0.1) is 5.82 Å². The smallest absolute Gasteiger partial charge is 0.373 e. The summed E-state index contributed by atoms with van der Waals surface area (Å²) < 4.78 is 29.2. The standard InChI is InChI=1S/C14H16FNO6S/c1-21-14(19)11(17)7-13(18)16(22-2)8-9-4-5-10(15)6-12(9)23(3)20/h4-7,17H,8H2,1-3H3. The van der Waals surface area contributed by atoms with Crippen LogP contribution in [-0.4, -0.2) is 46.7 Å². The third-order valence-electron chi connectivity index (χ3n) is 2.77. The maximum absolute atomic E-state index is 13.2. The van der Waals surface area contributed by atoms with E-state index in [1.807, 2.05) is 0 Å². The summed E-state index contributed by atoms with van der Waals surface area (Å²) in [7, 11) is 0.775. The van der Waals surface area contributed by atoms with Gasteiger partial charge in [-0.2, -0.15) is 0 Å². The number of esters is 1. The van der Waals surface area contributed by atoms with E-state index in [4.69, 9.17) is 4.84 Å². The monoisotopic (exact) mass is 345 g/mol. The highest BCUT2D eigenvalue weighted by Crippen LogP contribution is 2.17. The Morgan fingerprint density at radius 3 is 2.57 bits per heavy atom. The van der Waals surface area contributed by atoms with Gasteiger partial charge >= 0.3 is 5.97 Å². The molecule has 0 aliphatic rings. The molecule has 0 radical (unpaired) electrons. The molecule has 126 valence electrons. The van der Waals surface area contributed by atoms with Gasteiger partial charge in [-0.25, -0.2) is 14.2 Å². The Bertz CT molecular complexity index is 661. The summed E-state index contributed by atoms with van der Waals surface area (Å²) in [4.78, 5) is 28.1. The lowest BCUT2D eigenvalue weighted by Gasteiger charge is -2.19. The second-order valence-electron chi connectivity index (χ2n) is 4.28. The predicted octanol–water partition coefficient (Wildman–Crippen LogP) is 1.07. The van der Waals surface area contributed by atoms with Crippen LogP contribution in [0.5, 0.6) is 0 Å². The number of aliphatic hydroxyl groups is 1. The number of methoxy groups -OCH3 is 1. The van der Waals surface area contributed by atoms with Crippen LogP contribution in [0.25, 0.3) is 0 Å². The van der Waals surface area contributed by atoms with Crippen molar-refractivity contribution in [3.63, 3.8) is 0 Å². The zero-order valence-corrected chi connectivity index (χ0v) is 13.6. The van der Waals surface area contributed by atoms with Crippen molar-refractivity contribution in [1.82, 2.24) is 5.06 Å². The lowest BCUT2D eigenvalue weighted by atomic mass is 10.2. The second-order valence-corrected chi connectivity index (χ2v) is 5.63. The van der Waals surface area contributed by atoms with Crippen LogP contribution in [0.1, 0.15) is 5.56 Å². The maximum Gasteiger partial charge on any atom is 0.373 e. The Labute approximate surface area is 134 Å². The van der Waals surface area contributed by atoms with Gasteiger partial charge < -0.3 is 9.84 Å². The van der Waals surface area contributed by atoms with Crippen molar-refractivity contribution in [3.05, 3.63) is 41.4 Å². The highest BCUT2D eigenvalue weighted by Gasteiger charge is 2.18. The molecule has 0 bridgehead atoms. The van der Waals surface area contributed by atoms with Crippen LogP contribution < -0.4 is 0 Å². The molecule has 7 nitrogen and oxygen atoms in total. The topological polar surface area (TPSA) is 93.1 Å². The normalized spacial score (nSPS) is 12.6. The molecule has 1 unspecified atom stereocenters. The minimum absolute atomic E-state index is 0.157. The largest absolute Gasteiger partial charge is 0.502 e. The molecule has 1 aromatic carbocycles. The third-order valence-corrected chi connectivity index (χ3v) is 3.77. The minimum atomic E-state index is -1.47. The van der Waals surface area contributed by atoms with Crippen LogP contribution in [-0.2, 0) is 36.5 Å². The van der Waals surface area contributed by atoms with Crippen LogP contribution in [0.2, 0.25) is 0 Å². The fraction of sp³-hybridized carbons (Fsp3) is 0.286. The first-order valence-electron chi connectivity index (χ1n) is 6.26. The Morgan fingerprint density at radius 2 is 2.04 bits per heavy atom. The van der Waals surface area contributed by atoms with Crippen LogP contribution in [0.4, 0.5) is 4.39 Å². The molecule has 0 saturated carbocycles. The van der Waals surface area contributed by atoms with Crippen LogP contribution in [0.3, 0.4) is 0 Å². The van der Waals surface area contributed by atoms with Gasteiger partial charge in [-0.3, -0.25) is 13.8 Å². The molecule has 1 amide bonds. The molecule has 0 spiro atoms. The number of carbonyl (C=O) groups excluding carboxylic acids is 2. The van der Waals surface area contributed by atoms with E-state index in [1.54, 1.807) is 0 Å². The molecule has 0 aliphatic carbocycles. The van der Waals surface area contributed by atoms with E-state index < -0.39 is 34.3 Å². The maximum atomic E-state index is 13.2. The van der Waals surface area contributed by atoms with Crippen molar-refractivity contribution in [1.29, 1.82) is 0 Å². The fourth-order valence-electron chi connectivity index (χ4n) is 1.67. The molecule has 0 heterocycles. The molecule has 0 aromatic heterocycles. The van der Waals surface area contributed by atoms with Gasteiger partial charge in [0.25, 0.3) is 5.91 Å². The summed E-state index contributed by atoms with van der Waals surface area (Å²) in [5, 5.41) is 10.2. The molecule has 1 atom stereocenters. The average Bonchev–Trinajstić information content (AvgIpc) is 2.52. The number of hydrogen-bond donors (Lipinski definition) is 1. The van der Waals surface area contributed by atoms with Gasteiger partial charge in [0, 0.05) is 11.2 Å². The van der Waals surface area contributed by atoms with E-state index in [1.165, 1.54) is 19.4 Å². The second kappa shape index (κ2) is 8.39. The van der Waals surface area contributed by atoms with Crippen molar-refractivity contribution in [2.45, 2.75) is 11.4 Å². The van der Waals surface area contributed by atoms with Gasteiger partial charge in [0.15, 0.2) is 0 Å². The van der Waals surface area contributed by atoms with E-state index in [9.17, 15) is 23.3 Å². The number of amides is 1. The molecular weight excluding hydrogens is 329 g/mol. The number of hydroxylamine groups is 2. The quantitative estimate of drug-likeness (QED) is 0.359. The molecule has 0 saturated heterocycles. The molecule has 0 aliphatic heterocycles. The van der Waals surface area contributed by atoms with E-state index in [0.717, 1.165) is 24.3 Å². The Kier molecular flexibility index (Phi) is 6.86. The van der Waals surface area contributed by atoms with Crippen LogP contribution >= 0.6 is 0 Å². The van der Waals surface area contributed by atoms with Gasteiger partial charge in [0.1, 0.15) is 5.82 Å².